The van der Waals surface area contributed by atoms with Crippen LogP contribution in [0.5, 0.6) is 0 Å². The molecule has 0 unspecified atom stereocenters. The maximum absolute atomic E-state index is 13.6. The van der Waals surface area contributed by atoms with Gasteiger partial charge in [-0.1, -0.05) is 23.2 Å². The summed E-state index contributed by atoms with van der Waals surface area (Å²) in [6, 6.07) is 11.9. The molecule has 3 aromatic rings. The van der Waals surface area contributed by atoms with Gasteiger partial charge >= 0.3 is 6.18 Å². The molecular formula is C17H9Cl2F3N2OS. The molecule has 2 aromatic carbocycles. The van der Waals surface area contributed by atoms with Gasteiger partial charge in [0.1, 0.15) is 0 Å². The Morgan fingerprint density at radius 3 is 2.04 bits per heavy atom. The maximum Gasteiger partial charge on any atom is 0.434 e. The molecule has 0 bridgehead atoms. The predicted octanol–water partition coefficient (Wildman–Crippen LogP) is 6.13. The first-order valence-electron chi connectivity index (χ1n) is 7.14. The van der Waals surface area contributed by atoms with Crippen molar-refractivity contribution in [1.29, 1.82) is 0 Å². The first-order valence-corrected chi connectivity index (χ1v) is 8.72. The second-order valence-electron chi connectivity index (χ2n) is 5.14. The standard InChI is InChI=1S/C17H9Cl2F3N2OS/c18-10-1-5-12(6-2-10)24-15(17(20,21)22)14(9-23-24)16(25)26-13-7-3-11(19)4-8-13/h1-9H. The first-order chi connectivity index (χ1) is 12.3. The summed E-state index contributed by atoms with van der Waals surface area (Å²) in [7, 11) is 0. The smallest absolute Gasteiger partial charge is 0.281 e. The van der Waals surface area contributed by atoms with Crippen molar-refractivity contribution in [3.63, 3.8) is 0 Å². The van der Waals surface area contributed by atoms with Crippen molar-refractivity contribution >= 4 is 40.1 Å². The average molecular weight is 417 g/mol. The van der Waals surface area contributed by atoms with Gasteiger partial charge in [-0.3, -0.25) is 4.79 Å². The zero-order valence-electron chi connectivity index (χ0n) is 12.8. The minimum atomic E-state index is -4.76. The van der Waals surface area contributed by atoms with Crippen LogP contribution >= 0.6 is 35.0 Å². The largest absolute Gasteiger partial charge is 0.434 e. The zero-order valence-corrected chi connectivity index (χ0v) is 15.1. The Labute approximate surface area is 160 Å². The molecule has 0 aliphatic carbocycles. The van der Waals surface area contributed by atoms with Gasteiger partial charge in [-0.15, -0.1) is 0 Å². The van der Waals surface area contributed by atoms with E-state index in [-0.39, 0.29) is 5.69 Å². The molecule has 0 saturated carbocycles. The second kappa shape index (κ2) is 7.34. The molecule has 0 saturated heterocycles. The van der Waals surface area contributed by atoms with E-state index < -0.39 is 22.5 Å². The van der Waals surface area contributed by atoms with E-state index in [9.17, 15) is 18.0 Å². The van der Waals surface area contributed by atoms with Crippen molar-refractivity contribution < 1.29 is 18.0 Å². The van der Waals surface area contributed by atoms with E-state index in [1.807, 2.05) is 0 Å². The molecule has 0 amide bonds. The summed E-state index contributed by atoms with van der Waals surface area (Å²) in [5, 5.41) is 3.84. The molecule has 3 nitrogen and oxygen atoms in total. The van der Waals surface area contributed by atoms with Crippen molar-refractivity contribution in [3.05, 3.63) is 76.0 Å². The molecule has 0 radical (unpaired) electrons. The van der Waals surface area contributed by atoms with E-state index >= 15 is 0 Å². The lowest BCUT2D eigenvalue weighted by Gasteiger charge is -2.12. The van der Waals surface area contributed by atoms with Crippen molar-refractivity contribution in [2.24, 2.45) is 0 Å². The van der Waals surface area contributed by atoms with E-state index in [1.54, 1.807) is 24.3 Å². The number of nitrogens with zero attached hydrogens (tertiary/aromatic N) is 2. The van der Waals surface area contributed by atoms with Gasteiger partial charge < -0.3 is 0 Å². The fourth-order valence-electron chi connectivity index (χ4n) is 2.21. The second-order valence-corrected chi connectivity index (χ2v) is 7.06. The number of aromatic nitrogens is 2. The van der Waals surface area contributed by atoms with Crippen molar-refractivity contribution in [1.82, 2.24) is 9.78 Å². The predicted molar refractivity (Wildman–Crippen MR) is 95.2 cm³/mol. The molecule has 26 heavy (non-hydrogen) atoms. The summed E-state index contributed by atoms with van der Waals surface area (Å²) in [5.74, 6) is 0. The van der Waals surface area contributed by atoms with Crippen LogP contribution in [0.15, 0.2) is 59.6 Å². The van der Waals surface area contributed by atoms with Gasteiger partial charge in [0.15, 0.2) is 5.69 Å². The topological polar surface area (TPSA) is 34.9 Å². The van der Waals surface area contributed by atoms with Crippen molar-refractivity contribution in [2.45, 2.75) is 11.1 Å². The third-order valence-electron chi connectivity index (χ3n) is 3.35. The summed E-state index contributed by atoms with van der Waals surface area (Å²) in [5.41, 5.74) is -1.50. The lowest BCUT2D eigenvalue weighted by molar-refractivity contribution is -0.143. The summed E-state index contributed by atoms with van der Waals surface area (Å²) in [4.78, 5) is 12.9. The molecule has 0 N–H and O–H groups in total. The highest BCUT2D eigenvalue weighted by atomic mass is 35.5. The molecule has 3 rings (SSSR count). The molecule has 0 spiro atoms. The van der Waals surface area contributed by atoms with Gasteiger partial charge in [0.2, 0.25) is 5.12 Å². The Morgan fingerprint density at radius 2 is 1.50 bits per heavy atom. The number of thioether (sulfide) groups is 1. The monoisotopic (exact) mass is 416 g/mol. The van der Waals surface area contributed by atoms with Crippen LogP contribution in [-0.4, -0.2) is 14.9 Å². The number of alkyl halides is 3. The highest BCUT2D eigenvalue weighted by Gasteiger charge is 2.40. The van der Waals surface area contributed by atoms with Crippen LogP contribution in [0.3, 0.4) is 0 Å². The number of halogens is 5. The molecular weight excluding hydrogens is 408 g/mol. The molecule has 1 heterocycles. The molecule has 134 valence electrons. The molecule has 0 fully saturated rings. The number of benzene rings is 2. The van der Waals surface area contributed by atoms with Crippen LogP contribution in [0.25, 0.3) is 5.69 Å². The van der Waals surface area contributed by atoms with E-state index in [0.717, 1.165) is 6.20 Å². The third kappa shape index (κ3) is 4.06. The lowest BCUT2D eigenvalue weighted by Crippen LogP contribution is -2.16. The average Bonchev–Trinajstić information content (AvgIpc) is 3.03. The number of carbonyl (C=O) groups is 1. The van der Waals surface area contributed by atoms with Gasteiger partial charge in [0, 0.05) is 14.9 Å². The normalized spacial score (nSPS) is 11.6. The Morgan fingerprint density at radius 1 is 0.962 bits per heavy atom. The van der Waals surface area contributed by atoms with Gasteiger partial charge in [0.05, 0.1) is 17.4 Å². The van der Waals surface area contributed by atoms with Gasteiger partial charge in [-0.05, 0) is 60.3 Å². The Bertz CT molecular complexity index is 938. The number of carbonyl (C=O) groups excluding carboxylic acids is 1. The zero-order chi connectivity index (χ0) is 18.9. The summed E-state index contributed by atoms with van der Waals surface area (Å²) in [6.45, 7) is 0. The minimum absolute atomic E-state index is 0.150. The van der Waals surface area contributed by atoms with Crippen LogP contribution in [0, 0.1) is 0 Å². The van der Waals surface area contributed by atoms with E-state index in [1.165, 1.54) is 24.3 Å². The van der Waals surface area contributed by atoms with Crippen molar-refractivity contribution in [3.8, 4) is 5.69 Å². The van der Waals surface area contributed by atoms with Crippen LogP contribution < -0.4 is 0 Å². The quantitative estimate of drug-likeness (QED) is 0.481. The summed E-state index contributed by atoms with van der Waals surface area (Å²) >= 11 is 12.2. The molecule has 9 heteroatoms. The van der Waals surface area contributed by atoms with Crippen LogP contribution in [0.4, 0.5) is 13.2 Å². The van der Waals surface area contributed by atoms with Crippen LogP contribution in [0.1, 0.15) is 16.1 Å². The highest BCUT2D eigenvalue weighted by molar-refractivity contribution is 8.14. The third-order valence-corrected chi connectivity index (χ3v) is 4.77. The van der Waals surface area contributed by atoms with E-state index in [2.05, 4.69) is 5.10 Å². The van der Waals surface area contributed by atoms with E-state index in [4.69, 9.17) is 23.2 Å². The van der Waals surface area contributed by atoms with Gasteiger partial charge in [0.25, 0.3) is 0 Å². The Hall–Kier alpha value is -1.96. The number of rotatable bonds is 3. The molecule has 0 aliphatic heterocycles. The lowest BCUT2D eigenvalue weighted by atomic mass is 10.2. The van der Waals surface area contributed by atoms with Gasteiger partial charge in [-0.25, -0.2) is 4.68 Å². The molecule has 0 aliphatic rings. The minimum Gasteiger partial charge on any atom is -0.281 e. The summed E-state index contributed by atoms with van der Waals surface area (Å²) < 4.78 is 41.5. The molecule has 0 atom stereocenters. The fourth-order valence-corrected chi connectivity index (χ4v) is 3.21. The summed E-state index contributed by atoms with van der Waals surface area (Å²) in [6.07, 6.45) is -3.84. The van der Waals surface area contributed by atoms with E-state index in [0.29, 0.717) is 31.4 Å². The fraction of sp³-hybridized carbons (Fsp3) is 0.0588. The van der Waals surface area contributed by atoms with Crippen molar-refractivity contribution in [2.75, 3.05) is 0 Å². The molecule has 1 aromatic heterocycles. The Kier molecular flexibility index (Phi) is 5.32. The Balaban J connectivity index is 2.00. The number of hydrogen-bond acceptors (Lipinski definition) is 3. The van der Waals surface area contributed by atoms with Crippen LogP contribution in [-0.2, 0) is 6.18 Å². The SMILES string of the molecule is O=C(Sc1ccc(Cl)cc1)c1cnn(-c2ccc(Cl)cc2)c1C(F)(F)F. The van der Waals surface area contributed by atoms with Crippen LogP contribution in [0.2, 0.25) is 10.0 Å². The first kappa shape index (κ1) is 18.8. The van der Waals surface area contributed by atoms with Gasteiger partial charge in [-0.2, -0.15) is 18.3 Å². The maximum atomic E-state index is 13.6. The highest BCUT2D eigenvalue weighted by Crippen LogP contribution is 2.36. The number of hydrogen-bond donors (Lipinski definition) is 0.